The molecule has 0 amide bonds. The van der Waals surface area contributed by atoms with Crippen molar-refractivity contribution in [3.05, 3.63) is 63.6 Å². The molecule has 0 fully saturated rings. The van der Waals surface area contributed by atoms with Crippen molar-refractivity contribution in [2.45, 2.75) is 6.42 Å². The fraction of sp³-hybridized carbons (Fsp3) is 0.176. The van der Waals surface area contributed by atoms with Gasteiger partial charge in [-0.1, -0.05) is 35.3 Å². The van der Waals surface area contributed by atoms with Crippen molar-refractivity contribution in [1.82, 2.24) is 9.97 Å². The summed E-state index contributed by atoms with van der Waals surface area (Å²) in [5, 5.41) is 3.39. The van der Waals surface area contributed by atoms with Crippen LogP contribution >= 0.6 is 34.5 Å². The van der Waals surface area contributed by atoms with Crippen LogP contribution in [0.4, 0.5) is 5.95 Å². The predicted molar refractivity (Wildman–Crippen MR) is 98.8 cm³/mol. The molecule has 1 aromatic carbocycles. The highest BCUT2D eigenvalue weighted by Crippen LogP contribution is 2.24. The standard InChI is InChI=1S/C17H15Cl2N3S/c1-22(9-7-12-4-5-13(18)11-14(12)19)17-20-8-6-15(21-17)16-3-2-10-23-16/h2-6,8,10-11H,7,9H2,1H3. The third-order valence-electron chi connectivity index (χ3n) is 3.49. The van der Waals surface area contributed by atoms with Crippen LogP contribution in [0.3, 0.4) is 0 Å². The third-order valence-corrected chi connectivity index (χ3v) is 4.97. The van der Waals surface area contributed by atoms with Gasteiger partial charge in [-0.25, -0.2) is 9.97 Å². The Morgan fingerprint density at radius 3 is 2.78 bits per heavy atom. The molecule has 3 nitrogen and oxygen atoms in total. The van der Waals surface area contributed by atoms with Crippen LogP contribution in [0.2, 0.25) is 10.0 Å². The summed E-state index contributed by atoms with van der Waals surface area (Å²) in [7, 11) is 1.98. The molecule has 0 aliphatic rings. The SMILES string of the molecule is CN(CCc1ccc(Cl)cc1Cl)c1nccc(-c2cccs2)n1. The normalized spacial score (nSPS) is 10.7. The van der Waals surface area contributed by atoms with E-state index in [-0.39, 0.29) is 0 Å². The maximum atomic E-state index is 6.22. The van der Waals surface area contributed by atoms with Crippen LogP contribution in [-0.2, 0) is 6.42 Å². The number of likely N-dealkylation sites (N-methyl/N-ethyl adjacent to an activating group) is 1. The minimum absolute atomic E-state index is 0.652. The minimum Gasteiger partial charge on any atom is -0.344 e. The number of hydrogen-bond acceptors (Lipinski definition) is 4. The molecule has 2 heterocycles. The van der Waals surface area contributed by atoms with Gasteiger partial charge in [-0.05, 0) is 41.6 Å². The van der Waals surface area contributed by atoms with Crippen LogP contribution in [0.15, 0.2) is 48.0 Å². The van der Waals surface area contributed by atoms with E-state index < -0.39 is 0 Å². The van der Waals surface area contributed by atoms with Gasteiger partial charge in [0.25, 0.3) is 0 Å². The number of halogens is 2. The highest BCUT2D eigenvalue weighted by Gasteiger charge is 2.09. The lowest BCUT2D eigenvalue weighted by Crippen LogP contribution is -2.22. The lowest BCUT2D eigenvalue weighted by atomic mass is 10.1. The number of thiophene rings is 1. The molecule has 2 aromatic heterocycles. The van der Waals surface area contributed by atoms with Gasteiger partial charge in [-0.3, -0.25) is 0 Å². The molecule has 6 heteroatoms. The molecule has 0 aliphatic heterocycles. The second-order valence-electron chi connectivity index (χ2n) is 5.13. The maximum absolute atomic E-state index is 6.22. The number of rotatable bonds is 5. The molecule has 3 rings (SSSR count). The van der Waals surface area contributed by atoms with E-state index in [0.29, 0.717) is 16.0 Å². The summed E-state index contributed by atoms with van der Waals surface area (Å²) in [6, 6.07) is 11.6. The number of aromatic nitrogens is 2. The van der Waals surface area contributed by atoms with E-state index in [1.54, 1.807) is 23.6 Å². The fourth-order valence-corrected chi connectivity index (χ4v) is 3.40. The second-order valence-corrected chi connectivity index (χ2v) is 6.92. The Labute approximate surface area is 149 Å². The first-order chi connectivity index (χ1) is 11.1. The van der Waals surface area contributed by atoms with Crippen molar-refractivity contribution >= 4 is 40.5 Å². The Bertz CT molecular complexity index is 790. The molecule has 0 aliphatic carbocycles. The second kappa shape index (κ2) is 7.30. The summed E-state index contributed by atoms with van der Waals surface area (Å²) in [6.07, 6.45) is 2.60. The minimum atomic E-state index is 0.652. The van der Waals surface area contributed by atoms with Crippen molar-refractivity contribution < 1.29 is 0 Å². The molecule has 23 heavy (non-hydrogen) atoms. The summed E-state index contributed by atoms with van der Waals surface area (Å²) >= 11 is 13.8. The number of anilines is 1. The van der Waals surface area contributed by atoms with E-state index in [0.717, 1.165) is 29.1 Å². The molecule has 3 aromatic rings. The van der Waals surface area contributed by atoms with Gasteiger partial charge in [0.15, 0.2) is 0 Å². The van der Waals surface area contributed by atoms with Crippen molar-refractivity contribution in [1.29, 1.82) is 0 Å². The highest BCUT2D eigenvalue weighted by atomic mass is 35.5. The van der Waals surface area contributed by atoms with Crippen LogP contribution in [0.5, 0.6) is 0 Å². The largest absolute Gasteiger partial charge is 0.344 e. The van der Waals surface area contributed by atoms with Crippen molar-refractivity contribution in [2.24, 2.45) is 0 Å². The van der Waals surface area contributed by atoms with Crippen LogP contribution in [0.1, 0.15) is 5.56 Å². The molecule has 0 unspecified atom stereocenters. The summed E-state index contributed by atoms with van der Waals surface area (Å²) in [6.45, 7) is 0.773. The third kappa shape index (κ3) is 4.02. The highest BCUT2D eigenvalue weighted by molar-refractivity contribution is 7.13. The molecule has 0 N–H and O–H groups in total. The average molecular weight is 364 g/mol. The number of benzene rings is 1. The molecular weight excluding hydrogens is 349 g/mol. The lowest BCUT2D eigenvalue weighted by Gasteiger charge is -2.17. The van der Waals surface area contributed by atoms with Gasteiger partial charge in [-0.2, -0.15) is 0 Å². The van der Waals surface area contributed by atoms with E-state index in [1.807, 2.05) is 41.6 Å². The Morgan fingerprint density at radius 1 is 1.17 bits per heavy atom. The van der Waals surface area contributed by atoms with Crippen LogP contribution < -0.4 is 4.90 Å². The summed E-state index contributed by atoms with van der Waals surface area (Å²) < 4.78 is 0. The molecular formula is C17H15Cl2N3S. The van der Waals surface area contributed by atoms with Gasteiger partial charge in [-0.15, -0.1) is 11.3 Å². The van der Waals surface area contributed by atoms with E-state index in [1.165, 1.54) is 0 Å². The summed E-state index contributed by atoms with van der Waals surface area (Å²) in [4.78, 5) is 12.2. The molecule has 0 saturated heterocycles. The zero-order valence-electron chi connectivity index (χ0n) is 12.5. The molecule has 0 bridgehead atoms. The Hall–Kier alpha value is -1.62. The van der Waals surface area contributed by atoms with E-state index in [9.17, 15) is 0 Å². The van der Waals surface area contributed by atoms with Crippen LogP contribution in [0, 0.1) is 0 Å². The Morgan fingerprint density at radius 2 is 2.04 bits per heavy atom. The molecule has 118 valence electrons. The maximum Gasteiger partial charge on any atom is 0.225 e. The molecule has 0 spiro atoms. The van der Waals surface area contributed by atoms with Crippen molar-refractivity contribution in [3.63, 3.8) is 0 Å². The monoisotopic (exact) mass is 363 g/mol. The first kappa shape index (κ1) is 16.2. The quantitative estimate of drug-likeness (QED) is 0.624. The smallest absolute Gasteiger partial charge is 0.225 e. The first-order valence-corrected chi connectivity index (χ1v) is 8.79. The van der Waals surface area contributed by atoms with E-state index >= 15 is 0 Å². The van der Waals surface area contributed by atoms with Gasteiger partial charge in [0.2, 0.25) is 5.95 Å². The molecule has 0 saturated carbocycles. The van der Waals surface area contributed by atoms with Crippen LogP contribution in [0.25, 0.3) is 10.6 Å². The number of hydrogen-bond donors (Lipinski definition) is 0. The lowest BCUT2D eigenvalue weighted by molar-refractivity contribution is 0.839. The Kier molecular flexibility index (Phi) is 5.16. The topological polar surface area (TPSA) is 29.0 Å². The fourth-order valence-electron chi connectivity index (χ4n) is 2.21. The molecule has 0 radical (unpaired) electrons. The van der Waals surface area contributed by atoms with E-state index in [4.69, 9.17) is 23.2 Å². The summed E-state index contributed by atoms with van der Waals surface area (Å²) in [5.74, 6) is 0.709. The first-order valence-electron chi connectivity index (χ1n) is 7.15. The zero-order chi connectivity index (χ0) is 16.2. The van der Waals surface area contributed by atoms with Crippen molar-refractivity contribution in [2.75, 3.05) is 18.5 Å². The van der Waals surface area contributed by atoms with Gasteiger partial charge < -0.3 is 4.90 Å². The van der Waals surface area contributed by atoms with Gasteiger partial charge in [0.05, 0.1) is 10.6 Å². The number of nitrogens with zero attached hydrogens (tertiary/aromatic N) is 3. The van der Waals surface area contributed by atoms with Crippen molar-refractivity contribution in [3.8, 4) is 10.6 Å². The van der Waals surface area contributed by atoms with Gasteiger partial charge >= 0.3 is 0 Å². The Balaban J connectivity index is 1.71. The molecule has 0 atom stereocenters. The van der Waals surface area contributed by atoms with Crippen LogP contribution in [-0.4, -0.2) is 23.6 Å². The predicted octanol–water partition coefficient (Wildman–Crippen LogP) is 5.19. The summed E-state index contributed by atoms with van der Waals surface area (Å²) in [5.41, 5.74) is 2.01. The zero-order valence-corrected chi connectivity index (χ0v) is 14.9. The average Bonchev–Trinajstić information content (AvgIpc) is 3.08. The van der Waals surface area contributed by atoms with Gasteiger partial charge in [0.1, 0.15) is 0 Å². The van der Waals surface area contributed by atoms with E-state index in [2.05, 4.69) is 16.0 Å². The van der Waals surface area contributed by atoms with Gasteiger partial charge in [0, 0.05) is 29.8 Å².